The molecule has 0 unspecified atom stereocenters. The predicted molar refractivity (Wildman–Crippen MR) is 88.3 cm³/mol. The maximum atomic E-state index is 12.4. The van der Waals surface area contributed by atoms with Crippen LogP contribution in [0.3, 0.4) is 0 Å². The number of carbonyl (C=O) groups is 3. The lowest BCUT2D eigenvalue weighted by atomic mass is 9.99. The second kappa shape index (κ2) is 8.82. The molecule has 6 nitrogen and oxygen atoms in total. The Hall–Kier alpha value is -1.50. The summed E-state index contributed by atoms with van der Waals surface area (Å²) in [5.41, 5.74) is 0.657. The Morgan fingerprint density at radius 1 is 1.41 bits per heavy atom. The summed E-state index contributed by atoms with van der Waals surface area (Å²) in [6, 6.07) is -0.180. The summed E-state index contributed by atoms with van der Waals surface area (Å²) >= 11 is 1.75. The number of rotatable bonds is 7. The average Bonchev–Trinajstić information content (AvgIpc) is 3.02. The van der Waals surface area contributed by atoms with Crippen LogP contribution in [0.25, 0.3) is 0 Å². The molecule has 0 saturated carbocycles. The van der Waals surface area contributed by atoms with Crippen LogP contribution >= 0.6 is 11.8 Å². The minimum atomic E-state index is -0.181. The van der Waals surface area contributed by atoms with Crippen molar-refractivity contribution in [3.63, 3.8) is 0 Å². The van der Waals surface area contributed by atoms with Crippen molar-refractivity contribution in [2.45, 2.75) is 26.8 Å². The fourth-order valence-electron chi connectivity index (χ4n) is 2.32. The van der Waals surface area contributed by atoms with Crippen LogP contribution in [-0.4, -0.2) is 65.8 Å². The summed E-state index contributed by atoms with van der Waals surface area (Å²) in [6.45, 7) is 6.54. The van der Waals surface area contributed by atoms with Crippen molar-refractivity contribution in [1.29, 1.82) is 0 Å². The molecule has 1 fully saturated rings. The van der Waals surface area contributed by atoms with Gasteiger partial charge in [0.25, 0.3) is 0 Å². The van der Waals surface area contributed by atoms with Crippen LogP contribution < -0.4 is 5.32 Å². The number of hydrogen-bond acceptors (Lipinski definition) is 4. The number of carbonyl (C=O) groups excluding carboxylic acids is 3. The van der Waals surface area contributed by atoms with E-state index in [-0.39, 0.29) is 30.3 Å². The molecular formula is C15H25N3O3S. The molecule has 3 amide bonds. The van der Waals surface area contributed by atoms with Crippen LogP contribution in [0.4, 0.5) is 0 Å². The van der Waals surface area contributed by atoms with Crippen molar-refractivity contribution >= 4 is 30.0 Å². The first-order valence-corrected chi connectivity index (χ1v) is 8.52. The van der Waals surface area contributed by atoms with Gasteiger partial charge in [0.1, 0.15) is 0 Å². The fourth-order valence-corrected chi connectivity index (χ4v) is 3.27. The van der Waals surface area contributed by atoms with Gasteiger partial charge in [0, 0.05) is 24.9 Å². The molecule has 7 heteroatoms. The molecule has 0 aromatic carbocycles. The molecule has 1 heterocycles. The average molecular weight is 327 g/mol. The third-order valence-corrected chi connectivity index (χ3v) is 4.62. The third kappa shape index (κ3) is 5.05. The number of thioether (sulfide) groups is 1. The van der Waals surface area contributed by atoms with E-state index in [9.17, 15) is 14.4 Å². The lowest BCUT2D eigenvalue weighted by Gasteiger charge is -2.29. The number of likely N-dealkylation sites (N-methyl/N-ethyl adjacent to an activating group) is 1. The van der Waals surface area contributed by atoms with Gasteiger partial charge in [-0.15, -0.1) is 11.8 Å². The standard InChI is InChI=1S/C15H25N3O3S/c1-11(2)13(17(4)14(20)8-16-9-19)7-12(3)15(21)18-5-6-22-10-18/h7,9,11,13H,5-6,8,10H2,1-4H3,(H,16,19)/t13-/m1/s1. The fraction of sp³-hybridized carbons (Fsp3) is 0.667. The van der Waals surface area contributed by atoms with E-state index in [1.165, 1.54) is 0 Å². The topological polar surface area (TPSA) is 69.7 Å². The van der Waals surface area contributed by atoms with E-state index in [1.54, 1.807) is 30.6 Å². The Morgan fingerprint density at radius 2 is 2.09 bits per heavy atom. The highest BCUT2D eigenvalue weighted by Gasteiger charge is 2.24. The maximum absolute atomic E-state index is 12.4. The minimum absolute atomic E-state index is 0.0301. The first-order chi connectivity index (χ1) is 10.4. The van der Waals surface area contributed by atoms with Gasteiger partial charge in [0.05, 0.1) is 18.5 Å². The molecule has 0 aliphatic carbocycles. The zero-order valence-electron chi connectivity index (χ0n) is 13.7. The Labute approximate surface area is 136 Å². The van der Waals surface area contributed by atoms with Crippen molar-refractivity contribution in [1.82, 2.24) is 15.1 Å². The zero-order chi connectivity index (χ0) is 16.7. The normalized spacial score (nSPS) is 16.6. The van der Waals surface area contributed by atoms with E-state index in [4.69, 9.17) is 0 Å². The Kier molecular flexibility index (Phi) is 7.44. The van der Waals surface area contributed by atoms with E-state index in [2.05, 4.69) is 5.32 Å². The van der Waals surface area contributed by atoms with Gasteiger partial charge in [-0.05, 0) is 12.8 Å². The van der Waals surface area contributed by atoms with E-state index >= 15 is 0 Å². The molecule has 22 heavy (non-hydrogen) atoms. The van der Waals surface area contributed by atoms with Gasteiger partial charge in [0.15, 0.2) is 0 Å². The van der Waals surface area contributed by atoms with Gasteiger partial charge in [-0.1, -0.05) is 19.9 Å². The first-order valence-electron chi connectivity index (χ1n) is 7.36. The Morgan fingerprint density at radius 3 is 2.59 bits per heavy atom. The largest absolute Gasteiger partial charge is 0.350 e. The van der Waals surface area contributed by atoms with Crippen molar-refractivity contribution in [2.75, 3.05) is 31.8 Å². The lowest BCUT2D eigenvalue weighted by Crippen LogP contribution is -2.43. The van der Waals surface area contributed by atoms with Gasteiger partial charge in [-0.3, -0.25) is 14.4 Å². The molecule has 0 aromatic rings. The molecule has 0 radical (unpaired) electrons. The number of nitrogens with one attached hydrogen (secondary N) is 1. The predicted octanol–water partition coefficient (Wildman–Crippen LogP) is 0.695. The minimum Gasteiger partial charge on any atom is -0.350 e. The third-order valence-electron chi connectivity index (χ3n) is 3.66. The molecule has 1 N–H and O–H groups in total. The van der Waals surface area contributed by atoms with Crippen molar-refractivity contribution in [3.8, 4) is 0 Å². The van der Waals surface area contributed by atoms with E-state index in [0.717, 1.165) is 18.2 Å². The summed E-state index contributed by atoms with van der Waals surface area (Å²) in [5.74, 6) is 1.72. The van der Waals surface area contributed by atoms with E-state index in [0.29, 0.717) is 12.0 Å². The van der Waals surface area contributed by atoms with Crippen LogP contribution in [0.5, 0.6) is 0 Å². The lowest BCUT2D eigenvalue weighted by molar-refractivity contribution is -0.132. The van der Waals surface area contributed by atoms with Crippen molar-refractivity contribution in [2.24, 2.45) is 5.92 Å². The molecule has 1 aliphatic heterocycles. The molecule has 1 saturated heterocycles. The van der Waals surface area contributed by atoms with Crippen LogP contribution in [0, 0.1) is 5.92 Å². The summed E-state index contributed by atoms with van der Waals surface area (Å²) in [5, 5.41) is 2.37. The SMILES string of the molecule is CC(=C[C@H](C(C)C)N(C)C(=O)CNC=O)C(=O)N1CCSC1. The smallest absolute Gasteiger partial charge is 0.249 e. The molecule has 0 aromatic heterocycles. The second-order valence-electron chi connectivity index (χ2n) is 5.69. The van der Waals surface area contributed by atoms with E-state index in [1.807, 2.05) is 24.8 Å². The number of amides is 3. The van der Waals surface area contributed by atoms with Gasteiger partial charge in [-0.25, -0.2) is 0 Å². The van der Waals surface area contributed by atoms with Gasteiger partial charge < -0.3 is 15.1 Å². The number of nitrogens with zero attached hydrogens (tertiary/aromatic N) is 2. The second-order valence-corrected chi connectivity index (χ2v) is 6.77. The quantitative estimate of drug-likeness (QED) is 0.552. The summed E-state index contributed by atoms with van der Waals surface area (Å²) in [6.07, 6.45) is 2.36. The first kappa shape index (κ1) is 18.5. The molecule has 0 spiro atoms. The van der Waals surface area contributed by atoms with Crippen molar-refractivity contribution in [3.05, 3.63) is 11.6 Å². The molecule has 1 rings (SSSR count). The van der Waals surface area contributed by atoms with E-state index < -0.39 is 0 Å². The molecule has 1 atom stereocenters. The van der Waals surface area contributed by atoms with Crippen LogP contribution in [-0.2, 0) is 14.4 Å². The highest BCUT2D eigenvalue weighted by molar-refractivity contribution is 7.99. The zero-order valence-corrected chi connectivity index (χ0v) is 14.5. The van der Waals surface area contributed by atoms with Gasteiger partial charge in [0.2, 0.25) is 18.2 Å². The molecular weight excluding hydrogens is 302 g/mol. The summed E-state index contributed by atoms with van der Waals surface area (Å²) in [7, 11) is 1.69. The van der Waals surface area contributed by atoms with Crippen LogP contribution in [0.1, 0.15) is 20.8 Å². The van der Waals surface area contributed by atoms with Gasteiger partial charge in [-0.2, -0.15) is 0 Å². The van der Waals surface area contributed by atoms with Crippen molar-refractivity contribution < 1.29 is 14.4 Å². The summed E-state index contributed by atoms with van der Waals surface area (Å²) < 4.78 is 0. The molecule has 0 bridgehead atoms. The summed E-state index contributed by atoms with van der Waals surface area (Å²) in [4.78, 5) is 38.1. The van der Waals surface area contributed by atoms with Crippen LogP contribution in [0.15, 0.2) is 11.6 Å². The number of hydrogen-bond donors (Lipinski definition) is 1. The Balaban J connectivity index is 2.80. The highest BCUT2D eigenvalue weighted by Crippen LogP contribution is 2.18. The van der Waals surface area contributed by atoms with Gasteiger partial charge >= 0.3 is 0 Å². The molecule has 124 valence electrons. The maximum Gasteiger partial charge on any atom is 0.249 e. The highest BCUT2D eigenvalue weighted by atomic mass is 32.2. The Bertz CT molecular complexity index is 445. The monoisotopic (exact) mass is 327 g/mol. The molecule has 1 aliphatic rings. The van der Waals surface area contributed by atoms with Crippen LogP contribution in [0.2, 0.25) is 0 Å².